The van der Waals surface area contributed by atoms with Crippen LogP contribution in [0.3, 0.4) is 0 Å². The van der Waals surface area contributed by atoms with Gasteiger partial charge in [-0.2, -0.15) is 0 Å². The molecule has 2 heterocycles. The van der Waals surface area contributed by atoms with Crippen molar-refractivity contribution in [3.8, 4) is 0 Å². The van der Waals surface area contributed by atoms with Gasteiger partial charge in [0.05, 0.1) is 11.7 Å². The number of anilines is 1. The Bertz CT molecular complexity index is 550. The van der Waals surface area contributed by atoms with Gasteiger partial charge in [0.2, 0.25) is 0 Å². The number of rotatable bonds is 6. The first kappa shape index (κ1) is 18.7. The third-order valence-corrected chi connectivity index (χ3v) is 4.22. The minimum Gasteiger partial charge on any atom is -0.356 e. The van der Waals surface area contributed by atoms with E-state index in [1.807, 2.05) is 19.2 Å². The Morgan fingerprint density at radius 3 is 2.62 bits per heavy atom. The Hall–Kier alpha value is -1.66. The molecule has 4 N–H and O–H groups in total. The summed E-state index contributed by atoms with van der Waals surface area (Å²) >= 11 is 0. The fraction of sp³-hybridized carbons (Fsp3) is 0.667. The number of aromatic nitrogens is 1. The van der Waals surface area contributed by atoms with E-state index in [-0.39, 0.29) is 12.1 Å². The maximum absolute atomic E-state index is 12.4. The third kappa shape index (κ3) is 5.18. The molecule has 1 aromatic rings. The van der Waals surface area contributed by atoms with E-state index in [9.17, 15) is 4.79 Å². The number of nitrogens with two attached hydrogens (primary N) is 1. The van der Waals surface area contributed by atoms with Crippen molar-refractivity contribution in [3.05, 3.63) is 23.4 Å². The minimum absolute atomic E-state index is 0.156. The number of hydrogen-bond acceptors (Lipinski definition) is 5. The topological polar surface area (TPSA) is 83.3 Å². The second-order valence-corrected chi connectivity index (χ2v) is 7.21. The van der Waals surface area contributed by atoms with Crippen LogP contribution in [0.4, 0.5) is 5.82 Å². The number of pyridine rings is 1. The molecule has 1 amide bonds. The summed E-state index contributed by atoms with van der Waals surface area (Å²) < 4.78 is 0. The molecule has 0 saturated carbocycles. The van der Waals surface area contributed by atoms with Crippen LogP contribution in [-0.4, -0.2) is 42.7 Å². The highest BCUT2D eigenvalue weighted by Crippen LogP contribution is 2.23. The van der Waals surface area contributed by atoms with E-state index in [0.29, 0.717) is 17.5 Å². The smallest absolute Gasteiger partial charge is 0.256 e. The van der Waals surface area contributed by atoms with Crippen molar-refractivity contribution in [1.82, 2.24) is 15.6 Å². The van der Waals surface area contributed by atoms with E-state index in [1.54, 1.807) is 6.92 Å². The second-order valence-electron chi connectivity index (χ2n) is 7.21. The lowest BCUT2D eigenvalue weighted by molar-refractivity contribution is 0.0941. The van der Waals surface area contributed by atoms with Crippen molar-refractivity contribution in [2.24, 2.45) is 11.7 Å². The number of nitrogens with one attached hydrogen (secondary N) is 2. The molecule has 6 nitrogen and oxygen atoms in total. The van der Waals surface area contributed by atoms with Crippen molar-refractivity contribution in [2.75, 3.05) is 24.5 Å². The average molecular weight is 333 g/mol. The van der Waals surface area contributed by atoms with Gasteiger partial charge in [0, 0.05) is 25.3 Å². The summed E-state index contributed by atoms with van der Waals surface area (Å²) in [5.41, 5.74) is 7.28. The van der Waals surface area contributed by atoms with Gasteiger partial charge in [0.15, 0.2) is 0 Å². The fourth-order valence-electron chi connectivity index (χ4n) is 2.96. The van der Waals surface area contributed by atoms with E-state index in [0.717, 1.165) is 43.9 Å². The molecule has 1 atom stereocenters. The molecule has 24 heavy (non-hydrogen) atoms. The largest absolute Gasteiger partial charge is 0.356 e. The minimum atomic E-state index is -0.378. The second kappa shape index (κ2) is 8.44. The molecule has 1 aliphatic rings. The van der Waals surface area contributed by atoms with Crippen LogP contribution in [0, 0.1) is 12.8 Å². The lowest BCUT2D eigenvalue weighted by Gasteiger charge is -2.34. The van der Waals surface area contributed by atoms with Crippen LogP contribution < -0.4 is 21.3 Å². The summed E-state index contributed by atoms with van der Waals surface area (Å²) in [6, 6.07) is 2.44. The number of amides is 1. The quantitative estimate of drug-likeness (QED) is 0.689. The Labute approximate surface area is 145 Å². The molecular formula is C18H31N5O. The standard InChI is InChI=1S/C18H31N5O/c1-12(2)10-20-15-5-7-23(8-6-15)17-16(9-13(3)11-21-17)18(24)22-14(4)19/h9,11-12,14-15,20H,5-8,10,19H2,1-4H3,(H,22,24). The van der Waals surface area contributed by atoms with Gasteiger partial charge in [0.1, 0.15) is 5.82 Å². The Morgan fingerprint density at radius 1 is 1.38 bits per heavy atom. The van der Waals surface area contributed by atoms with Crippen molar-refractivity contribution in [1.29, 1.82) is 0 Å². The summed E-state index contributed by atoms with van der Waals surface area (Å²) in [7, 11) is 0. The van der Waals surface area contributed by atoms with Crippen molar-refractivity contribution >= 4 is 11.7 Å². The van der Waals surface area contributed by atoms with Gasteiger partial charge in [-0.15, -0.1) is 0 Å². The number of piperidine rings is 1. The van der Waals surface area contributed by atoms with Gasteiger partial charge in [-0.05, 0) is 50.8 Å². The molecule has 0 aliphatic carbocycles. The molecule has 0 spiro atoms. The lowest BCUT2D eigenvalue weighted by Crippen LogP contribution is -2.45. The summed E-state index contributed by atoms with van der Waals surface area (Å²) in [4.78, 5) is 19.2. The monoisotopic (exact) mass is 333 g/mol. The zero-order valence-electron chi connectivity index (χ0n) is 15.3. The van der Waals surface area contributed by atoms with E-state index in [4.69, 9.17) is 5.73 Å². The first-order valence-corrected chi connectivity index (χ1v) is 8.88. The van der Waals surface area contributed by atoms with E-state index >= 15 is 0 Å². The zero-order valence-corrected chi connectivity index (χ0v) is 15.3. The van der Waals surface area contributed by atoms with Gasteiger partial charge in [-0.3, -0.25) is 4.79 Å². The van der Waals surface area contributed by atoms with Gasteiger partial charge < -0.3 is 21.3 Å². The van der Waals surface area contributed by atoms with Gasteiger partial charge in [-0.25, -0.2) is 4.98 Å². The summed E-state index contributed by atoms with van der Waals surface area (Å²) in [6.07, 6.45) is 3.57. The van der Waals surface area contributed by atoms with E-state index in [1.165, 1.54) is 0 Å². The number of hydrogen-bond donors (Lipinski definition) is 3. The molecule has 1 fully saturated rings. The average Bonchev–Trinajstić information content (AvgIpc) is 2.53. The van der Waals surface area contributed by atoms with E-state index in [2.05, 4.69) is 34.4 Å². The van der Waals surface area contributed by atoms with Crippen molar-refractivity contribution in [3.63, 3.8) is 0 Å². The maximum Gasteiger partial charge on any atom is 0.256 e. The van der Waals surface area contributed by atoms with Crippen LogP contribution in [0.1, 0.15) is 49.5 Å². The number of carbonyl (C=O) groups is 1. The molecule has 1 saturated heterocycles. The highest BCUT2D eigenvalue weighted by molar-refractivity contribution is 5.99. The Kier molecular flexibility index (Phi) is 6.57. The van der Waals surface area contributed by atoms with Crippen molar-refractivity contribution in [2.45, 2.75) is 52.7 Å². The Morgan fingerprint density at radius 2 is 2.04 bits per heavy atom. The highest BCUT2D eigenvalue weighted by Gasteiger charge is 2.24. The van der Waals surface area contributed by atoms with Crippen molar-refractivity contribution < 1.29 is 4.79 Å². The van der Waals surface area contributed by atoms with Gasteiger partial charge in [-0.1, -0.05) is 13.8 Å². The molecular weight excluding hydrogens is 302 g/mol. The summed E-state index contributed by atoms with van der Waals surface area (Å²) in [5, 5.41) is 6.39. The van der Waals surface area contributed by atoms with Crippen LogP contribution in [0.2, 0.25) is 0 Å². The lowest BCUT2D eigenvalue weighted by atomic mass is 10.0. The molecule has 1 aromatic heterocycles. The molecule has 6 heteroatoms. The molecule has 2 rings (SSSR count). The number of carbonyl (C=O) groups excluding carboxylic acids is 1. The zero-order chi connectivity index (χ0) is 17.7. The first-order valence-electron chi connectivity index (χ1n) is 8.88. The molecule has 0 aromatic carbocycles. The van der Waals surface area contributed by atoms with Gasteiger partial charge in [0.25, 0.3) is 5.91 Å². The summed E-state index contributed by atoms with van der Waals surface area (Å²) in [6.45, 7) is 11.0. The number of nitrogens with zero attached hydrogens (tertiary/aromatic N) is 2. The van der Waals surface area contributed by atoms with E-state index < -0.39 is 0 Å². The fourth-order valence-corrected chi connectivity index (χ4v) is 2.96. The molecule has 134 valence electrons. The van der Waals surface area contributed by atoms with Crippen LogP contribution in [0.5, 0.6) is 0 Å². The molecule has 1 aliphatic heterocycles. The van der Waals surface area contributed by atoms with Crippen LogP contribution in [0.15, 0.2) is 12.3 Å². The highest BCUT2D eigenvalue weighted by atomic mass is 16.1. The number of aryl methyl sites for hydroxylation is 1. The first-order chi connectivity index (χ1) is 11.4. The predicted octanol–water partition coefficient (Wildman–Crippen LogP) is 1.64. The summed E-state index contributed by atoms with van der Waals surface area (Å²) in [5.74, 6) is 1.27. The molecule has 1 unspecified atom stereocenters. The predicted molar refractivity (Wildman–Crippen MR) is 98.2 cm³/mol. The van der Waals surface area contributed by atoms with Crippen LogP contribution in [-0.2, 0) is 0 Å². The normalized spacial score (nSPS) is 17.2. The molecule has 0 radical (unpaired) electrons. The third-order valence-electron chi connectivity index (χ3n) is 4.22. The Balaban J connectivity index is 2.06. The van der Waals surface area contributed by atoms with Gasteiger partial charge >= 0.3 is 0 Å². The molecule has 0 bridgehead atoms. The van der Waals surface area contributed by atoms with Crippen LogP contribution >= 0.6 is 0 Å². The maximum atomic E-state index is 12.4. The van der Waals surface area contributed by atoms with Crippen LogP contribution in [0.25, 0.3) is 0 Å². The SMILES string of the molecule is Cc1cnc(N2CCC(NCC(C)C)CC2)c(C(=O)NC(C)N)c1.